The first-order valence-corrected chi connectivity index (χ1v) is 7.29. The molecule has 0 aromatic heterocycles. The smallest absolute Gasteiger partial charge is 0.240 e. The van der Waals surface area contributed by atoms with Gasteiger partial charge >= 0.3 is 0 Å². The highest BCUT2D eigenvalue weighted by molar-refractivity contribution is 7.89. The summed E-state index contributed by atoms with van der Waals surface area (Å²) >= 11 is 0. The van der Waals surface area contributed by atoms with Crippen molar-refractivity contribution in [1.29, 1.82) is 5.26 Å². The lowest BCUT2D eigenvalue weighted by atomic mass is 10.2. The summed E-state index contributed by atoms with van der Waals surface area (Å²) in [5.74, 6) is 0. The van der Waals surface area contributed by atoms with Gasteiger partial charge in [0, 0.05) is 13.1 Å². The summed E-state index contributed by atoms with van der Waals surface area (Å²) in [6.45, 7) is 3.87. The fraction of sp³-hybridized carbons (Fsp3) is 0.417. The molecule has 0 aliphatic carbocycles. The minimum Gasteiger partial charge on any atom is -0.315 e. The number of nitrogens with one attached hydrogen (secondary N) is 2. The molecule has 1 aromatic carbocycles. The maximum atomic E-state index is 11.8. The van der Waals surface area contributed by atoms with Crippen LogP contribution in [0.1, 0.15) is 18.9 Å². The van der Waals surface area contributed by atoms with Gasteiger partial charge in [0.15, 0.2) is 0 Å². The van der Waals surface area contributed by atoms with Crippen LogP contribution < -0.4 is 10.0 Å². The standard InChI is InChI=1S/C12H17N3O2S/c1-2-7-14-8-9-15-18(16,17)12-5-3-11(10-13)4-6-12/h3-6,14-15H,2,7-9H2,1H3. The van der Waals surface area contributed by atoms with Crippen LogP contribution in [-0.2, 0) is 10.0 Å². The van der Waals surface area contributed by atoms with Gasteiger partial charge in [-0.2, -0.15) is 5.26 Å². The van der Waals surface area contributed by atoms with Crippen LogP contribution in [0, 0.1) is 11.3 Å². The van der Waals surface area contributed by atoms with E-state index in [1.807, 2.05) is 13.0 Å². The van der Waals surface area contributed by atoms with Crippen LogP contribution in [0.15, 0.2) is 29.2 Å². The molecule has 98 valence electrons. The molecule has 2 N–H and O–H groups in total. The Labute approximate surface area is 108 Å². The molecule has 0 aliphatic heterocycles. The van der Waals surface area contributed by atoms with Gasteiger partial charge in [-0.1, -0.05) is 6.92 Å². The lowest BCUT2D eigenvalue weighted by Crippen LogP contribution is -2.32. The SMILES string of the molecule is CCCNCCNS(=O)(=O)c1ccc(C#N)cc1. The third-order valence-corrected chi connectivity index (χ3v) is 3.79. The number of nitriles is 1. The van der Waals surface area contributed by atoms with Crippen LogP contribution >= 0.6 is 0 Å². The van der Waals surface area contributed by atoms with E-state index in [-0.39, 0.29) is 4.90 Å². The first-order valence-electron chi connectivity index (χ1n) is 5.80. The van der Waals surface area contributed by atoms with E-state index in [1.54, 1.807) is 0 Å². The lowest BCUT2D eigenvalue weighted by Gasteiger charge is -2.07. The Balaban J connectivity index is 2.55. The lowest BCUT2D eigenvalue weighted by molar-refractivity contribution is 0.575. The van der Waals surface area contributed by atoms with E-state index in [4.69, 9.17) is 5.26 Å². The quantitative estimate of drug-likeness (QED) is 0.717. The van der Waals surface area contributed by atoms with Crippen molar-refractivity contribution in [2.24, 2.45) is 0 Å². The monoisotopic (exact) mass is 267 g/mol. The van der Waals surface area contributed by atoms with Gasteiger partial charge in [0.25, 0.3) is 0 Å². The van der Waals surface area contributed by atoms with Gasteiger partial charge < -0.3 is 5.32 Å². The van der Waals surface area contributed by atoms with Crippen molar-refractivity contribution in [2.75, 3.05) is 19.6 Å². The topological polar surface area (TPSA) is 82.0 Å². The Hall–Kier alpha value is -1.42. The van der Waals surface area contributed by atoms with Gasteiger partial charge in [-0.25, -0.2) is 13.1 Å². The molecule has 0 heterocycles. The third-order valence-electron chi connectivity index (χ3n) is 2.31. The average Bonchev–Trinajstić information content (AvgIpc) is 2.38. The zero-order valence-electron chi connectivity index (χ0n) is 10.3. The van der Waals surface area contributed by atoms with Crippen LogP contribution in [0.3, 0.4) is 0 Å². The summed E-state index contributed by atoms with van der Waals surface area (Å²) < 4.78 is 26.2. The second-order valence-electron chi connectivity index (χ2n) is 3.78. The third kappa shape index (κ3) is 4.45. The molecule has 0 atom stereocenters. The number of hydrogen-bond acceptors (Lipinski definition) is 4. The molecular formula is C12H17N3O2S. The van der Waals surface area contributed by atoms with Crippen molar-refractivity contribution in [3.8, 4) is 6.07 Å². The van der Waals surface area contributed by atoms with E-state index < -0.39 is 10.0 Å². The zero-order valence-corrected chi connectivity index (χ0v) is 11.1. The number of sulfonamides is 1. The van der Waals surface area contributed by atoms with Crippen molar-refractivity contribution in [3.63, 3.8) is 0 Å². The summed E-state index contributed by atoms with van der Waals surface area (Å²) in [7, 11) is -3.47. The molecule has 0 radical (unpaired) electrons. The molecular weight excluding hydrogens is 250 g/mol. The van der Waals surface area contributed by atoms with Gasteiger partial charge in [0.05, 0.1) is 16.5 Å². The maximum Gasteiger partial charge on any atom is 0.240 e. The normalized spacial score (nSPS) is 11.1. The maximum absolute atomic E-state index is 11.8. The van der Waals surface area contributed by atoms with E-state index in [1.165, 1.54) is 24.3 Å². The van der Waals surface area contributed by atoms with Crippen LogP contribution in [0.25, 0.3) is 0 Å². The molecule has 5 nitrogen and oxygen atoms in total. The summed E-state index contributed by atoms with van der Waals surface area (Å²) in [5.41, 5.74) is 0.443. The second kappa shape index (κ2) is 7.11. The first-order chi connectivity index (χ1) is 8.60. The van der Waals surface area contributed by atoms with Crippen LogP contribution in [0.2, 0.25) is 0 Å². The number of rotatable bonds is 7. The van der Waals surface area contributed by atoms with Crippen molar-refractivity contribution in [3.05, 3.63) is 29.8 Å². The Bertz CT molecular complexity index is 503. The average molecular weight is 267 g/mol. The minimum absolute atomic E-state index is 0.178. The molecule has 0 saturated carbocycles. The Morgan fingerprint density at radius 3 is 2.39 bits per heavy atom. The fourth-order valence-electron chi connectivity index (χ4n) is 1.37. The molecule has 0 saturated heterocycles. The van der Waals surface area contributed by atoms with Crippen molar-refractivity contribution in [1.82, 2.24) is 10.0 Å². The van der Waals surface area contributed by atoms with Crippen LogP contribution in [0.5, 0.6) is 0 Å². The van der Waals surface area contributed by atoms with Gasteiger partial charge in [0.2, 0.25) is 10.0 Å². The molecule has 0 unspecified atom stereocenters. The molecule has 18 heavy (non-hydrogen) atoms. The van der Waals surface area contributed by atoms with Crippen molar-refractivity contribution >= 4 is 10.0 Å². The Morgan fingerprint density at radius 1 is 1.17 bits per heavy atom. The summed E-state index contributed by atoms with van der Waals surface area (Å²) in [6.07, 6.45) is 1.02. The Morgan fingerprint density at radius 2 is 1.83 bits per heavy atom. The van der Waals surface area contributed by atoms with Gasteiger partial charge in [-0.05, 0) is 37.2 Å². The fourth-order valence-corrected chi connectivity index (χ4v) is 2.40. The minimum atomic E-state index is -3.47. The molecule has 0 amide bonds. The van der Waals surface area contributed by atoms with Crippen LogP contribution in [0.4, 0.5) is 0 Å². The summed E-state index contributed by atoms with van der Waals surface area (Å²) in [4.78, 5) is 0.178. The molecule has 1 rings (SSSR count). The van der Waals surface area contributed by atoms with E-state index in [0.29, 0.717) is 18.7 Å². The highest BCUT2D eigenvalue weighted by Crippen LogP contribution is 2.09. The second-order valence-corrected chi connectivity index (χ2v) is 5.55. The molecule has 1 aromatic rings. The van der Waals surface area contributed by atoms with Crippen LogP contribution in [-0.4, -0.2) is 28.1 Å². The zero-order chi connectivity index (χ0) is 13.4. The summed E-state index contributed by atoms with van der Waals surface area (Å²) in [5, 5.41) is 11.7. The highest BCUT2D eigenvalue weighted by Gasteiger charge is 2.12. The highest BCUT2D eigenvalue weighted by atomic mass is 32.2. The predicted molar refractivity (Wildman–Crippen MR) is 69.5 cm³/mol. The van der Waals surface area contributed by atoms with Crippen molar-refractivity contribution in [2.45, 2.75) is 18.2 Å². The Kier molecular flexibility index (Phi) is 5.78. The van der Waals surface area contributed by atoms with E-state index >= 15 is 0 Å². The number of benzene rings is 1. The van der Waals surface area contributed by atoms with E-state index in [2.05, 4.69) is 10.0 Å². The summed E-state index contributed by atoms with van der Waals surface area (Å²) in [6, 6.07) is 7.79. The van der Waals surface area contributed by atoms with E-state index in [0.717, 1.165) is 13.0 Å². The molecule has 0 spiro atoms. The van der Waals surface area contributed by atoms with Gasteiger partial charge in [-0.15, -0.1) is 0 Å². The van der Waals surface area contributed by atoms with Gasteiger partial charge in [-0.3, -0.25) is 0 Å². The number of nitrogens with zero attached hydrogens (tertiary/aromatic N) is 1. The largest absolute Gasteiger partial charge is 0.315 e. The predicted octanol–water partition coefficient (Wildman–Crippen LogP) is 0.836. The van der Waals surface area contributed by atoms with Crippen molar-refractivity contribution < 1.29 is 8.42 Å². The molecule has 0 fully saturated rings. The molecule has 0 bridgehead atoms. The first kappa shape index (κ1) is 14.6. The van der Waals surface area contributed by atoms with Gasteiger partial charge in [0.1, 0.15) is 0 Å². The molecule has 6 heteroatoms. The van der Waals surface area contributed by atoms with E-state index in [9.17, 15) is 8.42 Å². The molecule has 0 aliphatic rings. The number of hydrogen-bond donors (Lipinski definition) is 2.